The molecule has 4 rings (SSSR count). The number of hydrogen-bond acceptors (Lipinski definition) is 5. The summed E-state index contributed by atoms with van der Waals surface area (Å²) in [5, 5.41) is 5.79. The second-order valence-electron chi connectivity index (χ2n) is 5.64. The molecule has 2 N–H and O–H groups in total. The number of aromatic amines is 1. The van der Waals surface area contributed by atoms with E-state index < -0.39 is 17.2 Å². The van der Waals surface area contributed by atoms with E-state index in [1.165, 1.54) is 42.3 Å². The van der Waals surface area contributed by atoms with Crippen molar-refractivity contribution in [3.8, 4) is 11.4 Å². The summed E-state index contributed by atoms with van der Waals surface area (Å²) in [5.41, 5.74) is 0.122. The number of nitrogens with zero attached hydrogens (tertiary/aromatic N) is 3. The summed E-state index contributed by atoms with van der Waals surface area (Å²) in [7, 11) is 1.36. The topological polar surface area (TPSA) is 84.8 Å². The molecule has 136 valence electrons. The number of anilines is 2. The molecule has 7 nitrogen and oxygen atoms in total. The zero-order valence-electron chi connectivity index (χ0n) is 14.0. The smallest absolute Gasteiger partial charge is 0.273 e. The lowest BCUT2D eigenvalue weighted by Crippen LogP contribution is -2.06. The summed E-state index contributed by atoms with van der Waals surface area (Å²) in [6.07, 6.45) is 2.44. The third kappa shape index (κ3) is 2.99. The average molecular weight is 369 g/mol. The molecule has 0 amide bonds. The predicted molar refractivity (Wildman–Crippen MR) is 95.7 cm³/mol. The van der Waals surface area contributed by atoms with E-state index >= 15 is 0 Å². The first-order valence-electron chi connectivity index (χ1n) is 7.89. The summed E-state index contributed by atoms with van der Waals surface area (Å²) in [6, 6.07) is 8.89. The van der Waals surface area contributed by atoms with Gasteiger partial charge in [0.25, 0.3) is 5.56 Å². The maximum absolute atomic E-state index is 14.6. The maximum Gasteiger partial charge on any atom is 0.273 e. The second-order valence-corrected chi connectivity index (χ2v) is 5.64. The number of ether oxygens (including phenoxy) is 1. The molecule has 0 bridgehead atoms. The molecule has 0 saturated carbocycles. The fourth-order valence-corrected chi connectivity index (χ4v) is 2.70. The Hall–Kier alpha value is -3.75. The minimum absolute atomic E-state index is 0.0538. The van der Waals surface area contributed by atoms with Crippen LogP contribution < -0.4 is 15.6 Å². The van der Waals surface area contributed by atoms with Gasteiger partial charge in [-0.2, -0.15) is 0 Å². The first-order valence-corrected chi connectivity index (χ1v) is 7.89. The quantitative estimate of drug-likeness (QED) is 0.577. The van der Waals surface area contributed by atoms with Crippen molar-refractivity contribution in [2.75, 3.05) is 12.4 Å². The van der Waals surface area contributed by atoms with Crippen molar-refractivity contribution in [3.05, 3.63) is 70.8 Å². The van der Waals surface area contributed by atoms with Crippen molar-refractivity contribution in [1.29, 1.82) is 0 Å². The molecule has 3 aromatic heterocycles. The van der Waals surface area contributed by atoms with Gasteiger partial charge < -0.3 is 10.1 Å². The molecule has 0 atom stereocenters. The van der Waals surface area contributed by atoms with Crippen molar-refractivity contribution in [2.45, 2.75) is 0 Å². The largest absolute Gasteiger partial charge is 0.494 e. The molecule has 0 aliphatic rings. The van der Waals surface area contributed by atoms with Gasteiger partial charge in [0.1, 0.15) is 23.1 Å². The van der Waals surface area contributed by atoms with Gasteiger partial charge >= 0.3 is 0 Å². The molecule has 0 unspecified atom stereocenters. The number of methoxy groups -OCH3 is 1. The number of fused-ring (bicyclic) bond motifs is 1. The van der Waals surface area contributed by atoms with E-state index in [2.05, 4.69) is 20.4 Å². The van der Waals surface area contributed by atoms with Crippen molar-refractivity contribution in [2.24, 2.45) is 0 Å². The van der Waals surface area contributed by atoms with E-state index in [-0.39, 0.29) is 16.8 Å². The number of nitrogens with one attached hydrogen (secondary N) is 2. The van der Waals surface area contributed by atoms with E-state index in [9.17, 15) is 13.6 Å². The highest BCUT2D eigenvalue weighted by Crippen LogP contribution is 2.26. The van der Waals surface area contributed by atoms with Crippen LogP contribution in [0.25, 0.3) is 16.6 Å². The van der Waals surface area contributed by atoms with E-state index in [4.69, 9.17) is 4.74 Å². The second kappa shape index (κ2) is 6.52. The number of aromatic nitrogens is 4. The Labute approximate surface area is 151 Å². The zero-order chi connectivity index (χ0) is 19.0. The molecule has 0 aliphatic carbocycles. The fraction of sp³-hybridized carbons (Fsp3) is 0.0556. The molecule has 4 aromatic rings. The van der Waals surface area contributed by atoms with E-state index in [0.717, 1.165) is 6.20 Å². The van der Waals surface area contributed by atoms with E-state index in [1.54, 1.807) is 12.1 Å². The van der Waals surface area contributed by atoms with Crippen LogP contribution in [0.3, 0.4) is 0 Å². The Morgan fingerprint density at radius 2 is 1.93 bits per heavy atom. The maximum atomic E-state index is 14.6. The lowest BCUT2D eigenvalue weighted by molar-refractivity contribution is 0.385. The Balaban J connectivity index is 1.83. The summed E-state index contributed by atoms with van der Waals surface area (Å²) >= 11 is 0. The molecule has 3 heterocycles. The van der Waals surface area contributed by atoms with E-state index in [1.807, 2.05) is 0 Å². The van der Waals surface area contributed by atoms with Crippen LogP contribution in [-0.4, -0.2) is 26.9 Å². The molecular formula is C18H13F2N5O2. The summed E-state index contributed by atoms with van der Waals surface area (Å²) in [4.78, 5) is 20.3. The van der Waals surface area contributed by atoms with Crippen molar-refractivity contribution < 1.29 is 13.5 Å². The van der Waals surface area contributed by atoms with Crippen LogP contribution >= 0.6 is 0 Å². The van der Waals surface area contributed by atoms with Gasteiger partial charge in [-0.3, -0.25) is 9.89 Å². The zero-order valence-corrected chi connectivity index (χ0v) is 14.0. The molecule has 0 spiro atoms. The van der Waals surface area contributed by atoms with Crippen LogP contribution in [0.5, 0.6) is 5.75 Å². The first kappa shape index (κ1) is 16.7. The predicted octanol–water partition coefficient (Wildman–Crippen LogP) is 3.14. The van der Waals surface area contributed by atoms with Crippen molar-refractivity contribution >= 4 is 22.5 Å². The molecule has 1 aromatic carbocycles. The number of benzene rings is 1. The SMILES string of the molecule is COc1cccc(-n2[nH]c(=O)c3cnc(Nc4ccc(F)cn4)cc32)c1F. The van der Waals surface area contributed by atoms with Crippen LogP contribution in [0.1, 0.15) is 0 Å². The first-order chi connectivity index (χ1) is 13.1. The summed E-state index contributed by atoms with van der Waals surface area (Å²) in [6.45, 7) is 0. The average Bonchev–Trinajstić information content (AvgIpc) is 3.00. The van der Waals surface area contributed by atoms with Crippen LogP contribution in [0.2, 0.25) is 0 Å². The highest BCUT2D eigenvalue weighted by Gasteiger charge is 2.15. The normalized spacial score (nSPS) is 10.9. The minimum Gasteiger partial charge on any atom is -0.494 e. The molecule has 0 aliphatic heterocycles. The number of rotatable bonds is 4. The van der Waals surface area contributed by atoms with Crippen LogP contribution in [-0.2, 0) is 0 Å². The number of hydrogen-bond donors (Lipinski definition) is 2. The summed E-state index contributed by atoms with van der Waals surface area (Å²) < 4.78 is 33.9. The monoisotopic (exact) mass is 369 g/mol. The van der Waals surface area contributed by atoms with Gasteiger partial charge in [0, 0.05) is 12.3 Å². The Morgan fingerprint density at radius 1 is 1.11 bits per heavy atom. The van der Waals surface area contributed by atoms with Gasteiger partial charge in [-0.1, -0.05) is 6.07 Å². The standard InChI is InChI=1S/C18H13F2N5O2/c1-27-14-4-2-3-12(17(14)20)25-13-7-16(22-9-11(13)18(26)24-25)23-15-6-5-10(19)8-21-15/h2-9H,1H3,(H,24,26)(H,21,22,23). The number of H-pyrrole nitrogens is 1. The van der Waals surface area contributed by atoms with Gasteiger partial charge in [0.15, 0.2) is 11.6 Å². The minimum atomic E-state index is -0.611. The van der Waals surface area contributed by atoms with Gasteiger partial charge in [-0.15, -0.1) is 0 Å². The highest BCUT2D eigenvalue weighted by atomic mass is 19.1. The van der Waals surface area contributed by atoms with Gasteiger partial charge in [-0.05, 0) is 24.3 Å². The van der Waals surface area contributed by atoms with Crippen LogP contribution in [0, 0.1) is 11.6 Å². The Bertz CT molecular complexity index is 1180. The third-order valence-corrected chi connectivity index (χ3v) is 3.97. The Kier molecular flexibility index (Phi) is 4.03. The number of pyridine rings is 2. The van der Waals surface area contributed by atoms with Gasteiger partial charge in [0.05, 0.1) is 24.2 Å². The van der Waals surface area contributed by atoms with Gasteiger partial charge in [0.2, 0.25) is 0 Å². The molecule has 9 heteroatoms. The summed E-state index contributed by atoms with van der Waals surface area (Å²) in [5.74, 6) is -0.285. The fourth-order valence-electron chi connectivity index (χ4n) is 2.70. The molecule has 0 radical (unpaired) electrons. The van der Waals surface area contributed by atoms with E-state index in [0.29, 0.717) is 17.2 Å². The third-order valence-electron chi connectivity index (χ3n) is 3.97. The van der Waals surface area contributed by atoms with Crippen LogP contribution in [0.4, 0.5) is 20.4 Å². The van der Waals surface area contributed by atoms with Crippen molar-refractivity contribution in [3.63, 3.8) is 0 Å². The molecule has 0 saturated heterocycles. The van der Waals surface area contributed by atoms with Crippen LogP contribution in [0.15, 0.2) is 53.6 Å². The molecule has 0 fully saturated rings. The lowest BCUT2D eigenvalue weighted by Gasteiger charge is -2.10. The van der Waals surface area contributed by atoms with Crippen molar-refractivity contribution in [1.82, 2.24) is 19.7 Å². The highest BCUT2D eigenvalue weighted by molar-refractivity contribution is 5.82. The van der Waals surface area contributed by atoms with Gasteiger partial charge in [-0.25, -0.2) is 23.4 Å². The Morgan fingerprint density at radius 3 is 2.67 bits per heavy atom. The lowest BCUT2D eigenvalue weighted by atomic mass is 10.2. The molecule has 27 heavy (non-hydrogen) atoms. The number of halogens is 2. The molecular weight excluding hydrogens is 356 g/mol.